The highest BCUT2D eigenvalue weighted by molar-refractivity contribution is 7.88. The van der Waals surface area contributed by atoms with E-state index in [1.165, 1.54) is 6.33 Å². The number of rotatable bonds is 7. The first-order valence-electron chi connectivity index (χ1n) is 6.97. The molecule has 0 unspecified atom stereocenters. The lowest BCUT2D eigenvalue weighted by molar-refractivity contribution is 0.446. The third-order valence-corrected chi connectivity index (χ3v) is 3.61. The van der Waals surface area contributed by atoms with Crippen LogP contribution in [0.5, 0.6) is 0 Å². The molecule has 0 saturated carbocycles. The van der Waals surface area contributed by atoms with Crippen LogP contribution in [0.2, 0.25) is 0 Å². The van der Waals surface area contributed by atoms with Gasteiger partial charge in [-0.2, -0.15) is 5.10 Å². The molecule has 3 N–H and O–H groups in total. The van der Waals surface area contributed by atoms with Gasteiger partial charge in [-0.1, -0.05) is 0 Å². The Morgan fingerprint density at radius 3 is 2.59 bits per heavy atom. The highest BCUT2D eigenvalue weighted by Crippen LogP contribution is 2.02. The minimum atomic E-state index is -3.27. The highest BCUT2D eigenvalue weighted by Gasteiger charge is 2.22. The van der Waals surface area contributed by atoms with E-state index in [4.69, 9.17) is 0 Å². The second-order valence-corrected chi connectivity index (χ2v) is 7.36. The van der Waals surface area contributed by atoms with E-state index >= 15 is 0 Å². The molecule has 1 rings (SSSR count). The topological polar surface area (TPSA) is 113 Å². The summed E-state index contributed by atoms with van der Waals surface area (Å²) < 4.78 is 26.9. The Kier molecular flexibility index (Phi) is 6.30. The minimum Gasteiger partial charge on any atom is -0.357 e. The van der Waals surface area contributed by atoms with Crippen molar-refractivity contribution in [3.05, 3.63) is 12.2 Å². The SMILES string of the molecule is CCNC(=NCc1ncnn1C)NCC(C)(C)NS(C)(=O)=O. The van der Waals surface area contributed by atoms with E-state index < -0.39 is 15.6 Å². The molecule has 9 nitrogen and oxygen atoms in total. The monoisotopic (exact) mass is 331 g/mol. The Bertz CT molecular complexity index is 607. The van der Waals surface area contributed by atoms with E-state index in [9.17, 15) is 8.42 Å². The summed E-state index contributed by atoms with van der Waals surface area (Å²) in [5, 5.41) is 10.2. The summed E-state index contributed by atoms with van der Waals surface area (Å²) in [6, 6.07) is 0. The van der Waals surface area contributed by atoms with E-state index in [1.807, 2.05) is 6.92 Å². The van der Waals surface area contributed by atoms with Crippen LogP contribution in [0.25, 0.3) is 0 Å². The summed E-state index contributed by atoms with van der Waals surface area (Å²) >= 11 is 0. The van der Waals surface area contributed by atoms with Crippen LogP contribution in [-0.2, 0) is 23.6 Å². The smallest absolute Gasteiger partial charge is 0.209 e. The number of hydrogen-bond donors (Lipinski definition) is 3. The number of nitrogens with zero attached hydrogens (tertiary/aromatic N) is 4. The van der Waals surface area contributed by atoms with Crippen LogP contribution in [0, 0.1) is 0 Å². The molecule has 22 heavy (non-hydrogen) atoms. The molecule has 1 aromatic heterocycles. The maximum absolute atomic E-state index is 11.3. The molecule has 0 saturated heterocycles. The number of nitrogens with one attached hydrogen (secondary N) is 3. The molecule has 10 heteroatoms. The summed E-state index contributed by atoms with van der Waals surface area (Å²) in [4.78, 5) is 8.51. The summed E-state index contributed by atoms with van der Waals surface area (Å²) in [6.07, 6.45) is 2.62. The van der Waals surface area contributed by atoms with E-state index in [0.29, 0.717) is 25.6 Å². The molecule has 0 radical (unpaired) electrons. The van der Waals surface area contributed by atoms with Crippen LogP contribution in [0.3, 0.4) is 0 Å². The molecule has 0 aliphatic rings. The van der Waals surface area contributed by atoms with Crippen molar-refractivity contribution in [2.24, 2.45) is 12.0 Å². The largest absolute Gasteiger partial charge is 0.357 e. The number of aliphatic imine (C=N–C) groups is 1. The molecule has 0 amide bonds. The van der Waals surface area contributed by atoms with Gasteiger partial charge in [-0.05, 0) is 20.8 Å². The van der Waals surface area contributed by atoms with Crippen LogP contribution in [-0.4, -0.2) is 54.0 Å². The average molecular weight is 331 g/mol. The molecular formula is C12H25N7O2S. The van der Waals surface area contributed by atoms with E-state index in [0.717, 1.165) is 12.1 Å². The van der Waals surface area contributed by atoms with Crippen molar-refractivity contribution in [1.29, 1.82) is 0 Å². The Balaban J connectivity index is 2.66. The van der Waals surface area contributed by atoms with Gasteiger partial charge in [0.25, 0.3) is 0 Å². The summed E-state index contributed by atoms with van der Waals surface area (Å²) in [5.74, 6) is 1.33. The number of hydrogen-bond acceptors (Lipinski definition) is 5. The molecule has 0 bridgehead atoms. The van der Waals surface area contributed by atoms with Gasteiger partial charge in [-0.25, -0.2) is 23.1 Å². The number of sulfonamides is 1. The van der Waals surface area contributed by atoms with Gasteiger partial charge < -0.3 is 10.6 Å². The fourth-order valence-corrected chi connectivity index (χ4v) is 2.87. The first kappa shape index (κ1) is 18.4. The van der Waals surface area contributed by atoms with Crippen LogP contribution in [0.4, 0.5) is 0 Å². The van der Waals surface area contributed by atoms with Crippen LogP contribution in [0.15, 0.2) is 11.3 Å². The molecular weight excluding hydrogens is 306 g/mol. The molecule has 1 aromatic rings. The molecule has 1 heterocycles. The maximum atomic E-state index is 11.3. The maximum Gasteiger partial charge on any atom is 0.209 e. The third-order valence-electron chi connectivity index (χ3n) is 2.69. The zero-order chi connectivity index (χ0) is 16.8. The fourth-order valence-electron chi connectivity index (χ4n) is 1.80. The van der Waals surface area contributed by atoms with Gasteiger partial charge in [0.2, 0.25) is 10.0 Å². The first-order chi connectivity index (χ1) is 10.1. The van der Waals surface area contributed by atoms with Crippen molar-refractivity contribution in [2.45, 2.75) is 32.9 Å². The second kappa shape index (κ2) is 7.54. The van der Waals surface area contributed by atoms with Crippen molar-refractivity contribution in [3.63, 3.8) is 0 Å². The lowest BCUT2D eigenvalue weighted by atomic mass is 10.1. The molecule has 0 aliphatic carbocycles. The molecule has 0 aliphatic heterocycles. The molecule has 0 spiro atoms. The van der Waals surface area contributed by atoms with Crippen molar-refractivity contribution >= 4 is 16.0 Å². The first-order valence-corrected chi connectivity index (χ1v) is 8.86. The van der Waals surface area contributed by atoms with Crippen molar-refractivity contribution < 1.29 is 8.42 Å². The quantitative estimate of drug-likeness (QED) is 0.445. The van der Waals surface area contributed by atoms with Gasteiger partial charge in [0.1, 0.15) is 18.7 Å². The molecule has 0 aromatic carbocycles. The minimum absolute atomic E-state index is 0.381. The van der Waals surface area contributed by atoms with Gasteiger partial charge in [-0.15, -0.1) is 0 Å². The fraction of sp³-hybridized carbons (Fsp3) is 0.750. The molecule has 126 valence electrons. The normalized spacial score (nSPS) is 13.2. The predicted octanol–water partition coefficient (Wildman–Crippen LogP) is -0.802. The summed E-state index contributed by atoms with van der Waals surface area (Å²) in [7, 11) is -1.46. The van der Waals surface area contributed by atoms with Crippen LogP contribution < -0.4 is 15.4 Å². The number of aryl methyl sites for hydroxylation is 1. The zero-order valence-electron chi connectivity index (χ0n) is 13.7. The average Bonchev–Trinajstić information content (AvgIpc) is 2.75. The summed E-state index contributed by atoms with van der Waals surface area (Å²) in [5.41, 5.74) is -0.630. The Hall–Kier alpha value is -1.68. The van der Waals surface area contributed by atoms with E-state index in [-0.39, 0.29) is 0 Å². The highest BCUT2D eigenvalue weighted by atomic mass is 32.2. The van der Waals surface area contributed by atoms with E-state index in [1.54, 1.807) is 25.6 Å². The van der Waals surface area contributed by atoms with Gasteiger partial charge >= 0.3 is 0 Å². The molecule has 0 fully saturated rings. The lowest BCUT2D eigenvalue weighted by Gasteiger charge is -2.26. The Labute approximate surface area is 131 Å². The second-order valence-electron chi connectivity index (χ2n) is 5.61. The van der Waals surface area contributed by atoms with Crippen LogP contribution in [0.1, 0.15) is 26.6 Å². The Morgan fingerprint density at radius 2 is 2.09 bits per heavy atom. The molecule has 0 atom stereocenters. The Morgan fingerprint density at radius 1 is 1.41 bits per heavy atom. The van der Waals surface area contributed by atoms with Gasteiger partial charge in [0.05, 0.1) is 6.26 Å². The van der Waals surface area contributed by atoms with Gasteiger partial charge in [0.15, 0.2) is 5.96 Å². The zero-order valence-corrected chi connectivity index (χ0v) is 14.5. The predicted molar refractivity (Wildman–Crippen MR) is 85.9 cm³/mol. The van der Waals surface area contributed by atoms with Crippen molar-refractivity contribution in [1.82, 2.24) is 30.1 Å². The summed E-state index contributed by atoms with van der Waals surface area (Å²) in [6.45, 7) is 7.03. The van der Waals surface area contributed by atoms with Gasteiger partial charge in [0, 0.05) is 25.7 Å². The van der Waals surface area contributed by atoms with E-state index in [2.05, 4.69) is 30.4 Å². The lowest BCUT2D eigenvalue weighted by Crippen LogP contribution is -2.53. The van der Waals surface area contributed by atoms with Gasteiger partial charge in [-0.3, -0.25) is 4.68 Å². The van der Waals surface area contributed by atoms with Crippen LogP contribution >= 0.6 is 0 Å². The van der Waals surface area contributed by atoms with Crippen molar-refractivity contribution in [3.8, 4) is 0 Å². The standard InChI is InChI=1S/C12H25N7O2S/c1-6-13-11(14-7-10-16-9-17-19(10)4)15-8-12(2,3)18-22(5,20)21/h9,18H,6-8H2,1-5H3,(H2,13,14,15). The third kappa shape index (κ3) is 6.85. The van der Waals surface area contributed by atoms with Crippen molar-refractivity contribution in [2.75, 3.05) is 19.3 Å². The number of guanidine groups is 1. The number of aromatic nitrogens is 3.